The zero-order valence-corrected chi connectivity index (χ0v) is 6.36. The zero-order chi connectivity index (χ0) is 7.98. The summed E-state index contributed by atoms with van der Waals surface area (Å²) in [6.45, 7) is 4.22. The van der Waals surface area contributed by atoms with Crippen molar-refractivity contribution in [1.82, 2.24) is 0 Å². The standard InChI is InChI=1S/C6H13N3O/c1-5(2)3-6(10)4-8-9-7/h5-6,10H,3-4H2,1-2H3/t6-/m0/s1. The SMILES string of the molecule is CC(C)C[C@H](O)CN=[N+]=[N-]. The summed E-state index contributed by atoms with van der Waals surface area (Å²) in [6.07, 6.45) is 0.217. The number of nitrogens with zero attached hydrogens (tertiary/aromatic N) is 3. The van der Waals surface area contributed by atoms with E-state index >= 15 is 0 Å². The molecule has 4 heteroatoms. The van der Waals surface area contributed by atoms with Gasteiger partial charge in [-0.2, -0.15) is 0 Å². The van der Waals surface area contributed by atoms with Gasteiger partial charge in [0.25, 0.3) is 0 Å². The molecule has 0 rings (SSSR count). The minimum absolute atomic E-state index is 0.189. The van der Waals surface area contributed by atoms with Crippen molar-refractivity contribution in [3.8, 4) is 0 Å². The Morgan fingerprint density at radius 3 is 2.60 bits per heavy atom. The summed E-state index contributed by atoms with van der Waals surface area (Å²) in [6, 6.07) is 0. The lowest BCUT2D eigenvalue weighted by Crippen LogP contribution is -2.12. The van der Waals surface area contributed by atoms with Gasteiger partial charge in [0.2, 0.25) is 0 Å². The van der Waals surface area contributed by atoms with E-state index in [4.69, 9.17) is 10.6 Å². The molecule has 0 heterocycles. The van der Waals surface area contributed by atoms with E-state index in [1.165, 1.54) is 0 Å². The first kappa shape index (κ1) is 9.27. The molecule has 0 fully saturated rings. The first-order chi connectivity index (χ1) is 4.66. The number of hydrogen-bond acceptors (Lipinski definition) is 2. The lowest BCUT2D eigenvalue weighted by Gasteiger charge is -2.08. The molecule has 0 aromatic heterocycles. The van der Waals surface area contributed by atoms with Crippen molar-refractivity contribution >= 4 is 0 Å². The Hall–Kier alpha value is -0.730. The molecule has 1 N–H and O–H groups in total. The number of rotatable bonds is 4. The fraction of sp³-hybridized carbons (Fsp3) is 1.00. The van der Waals surface area contributed by atoms with Crippen LogP contribution in [0.25, 0.3) is 10.4 Å². The summed E-state index contributed by atoms with van der Waals surface area (Å²) in [7, 11) is 0. The van der Waals surface area contributed by atoms with Crippen LogP contribution in [-0.4, -0.2) is 17.8 Å². The molecule has 0 saturated heterocycles. The molecule has 0 aliphatic heterocycles. The molecule has 0 spiro atoms. The van der Waals surface area contributed by atoms with Gasteiger partial charge in [0.05, 0.1) is 12.6 Å². The molecule has 1 atom stereocenters. The van der Waals surface area contributed by atoms with Crippen LogP contribution in [0.1, 0.15) is 20.3 Å². The fourth-order valence-electron chi connectivity index (χ4n) is 0.749. The molecule has 0 radical (unpaired) electrons. The van der Waals surface area contributed by atoms with Gasteiger partial charge in [0.15, 0.2) is 0 Å². The quantitative estimate of drug-likeness (QED) is 0.363. The molecule has 0 aromatic rings. The van der Waals surface area contributed by atoms with Crippen molar-refractivity contribution < 1.29 is 5.11 Å². The maximum Gasteiger partial charge on any atom is 0.0599 e. The minimum Gasteiger partial charge on any atom is -0.393 e. The summed E-state index contributed by atoms with van der Waals surface area (Å²) in [4.78, 5) is 2.55. The molecule has 0 bridgehead atoms. The van der Waals surface area contributed by atoms with Crippen LogP contribution >= 0.6 is 0 Å². The zero-order valence-electron chi connectivity index (χ0n) is 6.36. The molecule has 0 unspecified atom stereocenters. The van der Waals surface area contributed by atoms with Crippen LogP contribution in [0.3, 0.4) is 0 Å². The second-order valence-corrected chi connectivity index (χ2v) is 2.70. The lowest BCUT2D eigenvalue weighted by atomic mass is 10.1. The van der Waals surface area contributed by atoms with Gasteiger partial charge in [-0.05, 0) is 17.9 Å². The molecular formula is C6H13N3O. The van der Waals surface area contributed by atoms with Gasteiger partial charge in [-0.25, -0.2) is 0 Å². The van der Waals surface area contributed by atoms with E-state index in [9.17, 15) is 0 Å². The lowest BCUT2D eigenvalue weighted by molar-refractivity contribution is 0.157. The Balaban J connectivity index is 3.42. The third kappa shape index (κ3) is 5.41. The maximum atomic E-state index is 9.09. The van der Waals surface area contributed by atoms with Crippen LogP contribution < -0.4 is 0 Å². The number of aliphatic hydroxyl groups excluding tert-OH is 1. The average molecular weight is 143 g/mol. The highest BCUT2D eigenvalue weighted by molar-refractivity contribution is 4.61. The van der Waals surface area contributed by atoms with Crippen molar-refractivity contribution in [3.63, 3.8) is 0 Å². The molecule has 58 valence electrons. The minimum atomic E-state index is -0.476. The normalized spacial score (nSPS) is 12.8. The summed E-state index contributed by atoms with van der Waals surface area (Å²) < 4.78 is 0. The first-order valence-electron chi connectivity index (χ1n) is 3.35. The molecule has 0 aliphatic rings. The van der Waals surface area contributed by atoms with Gasteiger partial charge < -0.3 is 5.11 Å². The highest BCUT2D eigenvalue weighted by Crippen LogP contribution is 2.04. The Morgan fingerprint density at radius 1 is 1.60 bits per heavy atom. The van der Waals surface area contributed by atoms with Gasteiger partial charge in [-0.1, -0.05) is 19.0 Å². The van der Waals surface area contributed by atoms with Crippen molar-refractivity contribution in [2.75, 3.05) is 6.54 Å². The van der Waals surface area contributed by atoms with E-state index < -0.39 is 6.10 Å². The van der Waals surface area contributed by atoms with Crippen molar-refractivity contribution in [2.45, 2.75) is 26.4 Å². The topological polar surface area (TPSA) is 69.0 Å². The highest BCUT2D eigenvalue weighted by Gasteiger charge is 2.03. The Bertz CT molecular complexity index is 129. The summed E-state index contributed by atoms with van der Waals surface area (Å²) in [5, 5.41) is 12.3. The maximum absolute atomic E-state index is 9.09. The van der Waals surface area contributed by atoms with Crippen LogP contribution in [-0.2, 0) is 0 Å². The van der Waals surface area contributed by atoms with Crippen molar-refractivity contribution in [2.24, 2.45) is 11.0 Å². The van der Waals surface area contributed by atoms with E-state index in [-0.39, 0.29) is 6.54 Å². The molecule has 0 aliphatic carbocycles. The van der Waals surface area contributed by atoms with Gasteiger partial charge in [0.1, 0.15) is 0 Å². The second kappa shape index (κ2) is 5.09. The molecule has 10 heavy (non-hydrogen) atoms. The first-order valence-corrected chi connectivity index (χ1v) is 3.35. The number of hydrogen-bond donors (Lipinski definition) is 1. The Kier molecular flexibility index (Phi) is 4.72. The molecular weight excluding hydrogens is 130 g/mol. The summed E-state index contributed by atoms with van der Waals surface area (Å²) in [5.41, 5.74) is 7.90. The molecule has 0 saturated carbocycles. The van der Waals surface area contributed by atoms with Gasteiger partial charge in [0, 0.05) is 4.91 Å². The van der Waals surface area contributed by atoms with Gasteiger partial charge in [-0.3, -0.25) is 0 Å². The van der Waals surface area contributed by atoms with Crippen molar-refractivity contribution in [3.05, 3.63) is 10.4 Å². The third-order valence-electron chi connectivity index (χ3n) is 1.10. The van der Waals surface area contributed by atoms with E-state index in [0.717, 1.165) is 0 Å². The second-order valence-electron chi connectivity index (χ2n) is 2.70. The summed E-state index contributed by atoms with van der Waals surface area (Å²) in [5.74, 6) is 0.448. The fourth-order valence-corrected chi connectivity index (χ4v) is 0.749. The largest absolute Gasteiger partial charge is 0.393 e. The highest BCUT2D eigenvalue weighted by atomic mass is 16.3. The van der Waals surface area contributed by atoms with E-state index in [1.807, 2.05) is 13.8 Å². The Morgan fingerprint density at radius 2 is 2.20 bits per heavy atom. The molecule has 0 aromatic carbocycles. The van der Waals surface area contributed by atoms with Gasteiger partial charge in [-0.15, -0.1) is 0 Å². The monoisotopic (exact) mass is 143 g/mol. The predicted molar refractivity (Wildman–Crippen MR) is 39.5 cm³/mol. The third-order valence-corrected chi connectivity index (χ3v) is 1.10. The van der Waals surface area contributed by atoms with Crippen LogP contribution in [0.5, 0.6) is 0 Å². The number of aliphatic hydroxyl groups is 1. The van der Waals surface area contributed by atoms with E-state index in [1.54, 1.807) is 0 Å². The summed E-state index contributed by atoms with van der Waals surface area (Å²) >= 11 is 0. The van der Waals surface area contributed by atoms with Gasteiger partial charge >= 0.3 is 0 Å². The van der Waals surface area contributed by atoms with Crippen LogP contribution in [0, 0.1) is 5.92 Å². The Labute approximate surface area is 60.5 Å². The average Bonchev–Trinajstić information content (AvgIpc) is 1.82. The number of azide groups is 1. The van der Waals surface area contributed by atoms with E-state index in [2.05, 4.69) is 10.0 Å². The molecule has 0 amide bonds. The van der Waals surface area contributed by atoms with Crippen LogP contribution in [0.15, 0.2) is 5.11 Å². The van der Waals surface area contributed by atoms with Crippen LogP contribution in [0.4, 0.5) is 0 Å². The van der Waals surface area contributed by atoms with Crippen LogP contribution in [0.2, 0.25) is 0 Å². The van der Waals surface area contributed by atoms with Crippen molar-refractivity contribution in [1.29, 1.82) is 0 Å². The predicted octanol–water partition coefficient (Wildman–Crippen LogP) is 1.70. The van der Waals surface area contributed by atoms with E-state index in [0.29, 0.717) is 12.3 Å². The molecule has 4 nitrogen and oxygen atoms in total. The smallest absolute Gasteiger partial charge is 0.0599 e.